The van der Waals surface area contributed by atoms with Crippen molar-refractivity contribution in [3.05, 3.63) is 36.1 Å². The highest BCUT2D eigenvalue weighted by atomic mass is 16.5. The Kier molecular flexibility index (Phi) is 11.2. The van der Waals surface area contributed by atoms with Crippen LogP contribution < -0.4 is 0 Å². The van der Waals surface area contributed by atoms with E-state index >= 15 is 0 Å². The summed E-state index contributed by atoms with van der Waals surface area (Å²) < 4.78 is 5.52. The molecule has 0 aromatic heterocycles. The minimum atomic E-state index is 0.560. The molecule has 0 aliphatic carbocycles. The predicted molar refractivity (Wildman–Crippen MR) is 110 cm³/mol. The number of allylic oxidation sites excluding steroid dienone is 5. The van der Waals surface area contributed by atoms with E-state index < -0.39 is 0 Å². The lowest BCUT2D eigenvalue weighted by Gasteiger charge is -2.38. The molecular formula is C22H38N2O. The maximum atomic E-state index is 5.52. The summed E-state index contributed by atoms with van der Waals surface area (Å²) in [7, 11) is 0. The van der Waals surface area contributed by atoms with Gasteiger partial charge in [0.25, 0.3) is 0 Å². The van der Waals surface area contributed by atoms with Gasteiger partial charge in [0.2, 0.25) is 0 Å². The zero-order valence-corrected chi connectivity index (χ0v) is 16.8. The lowest BCUT2D eigenvalue weighted by molar-refractivity contribution is 0.118. The Bertz CT molecular complexity index is 459. The van der Waals surface area contributed by atoms with E-state index in [1.807, 2.05) is 39.1 Å². The van der Waals surface area contributed by atoms with Gasteiger partial charge in [-0.2, -0.15) is 0 Å². The first-order valence-corrected chi connectivity index (χ1v) is 9.92. The van der Waals surface area contributed by atoms with E-state index in [1.165, 1.54) is 32.4 Å². The molecule has 3 heteroatoms. The predicted octanol–water partition coefficient (Wildman–Crippen LogP) is 5.40. The molecule has 0 bridgehead atoms. The zero-order valence-electron chi connectivity index (χ0n) is 16.8. The maximum Gasteiger partial charge on any atom is 0.0931 e. The van der Waals surface area contributed by atoms with Crippen molar-refractivity contribution < 1.29 is 4.74 Å². The smallest absolute Gasteiger partial charge is 0.0931 e. The molecule has 1 saturated heterocycles. The highest BCUT2D eigenvalue weighted by Crippen LogP contribution is 2.24. The van der Waals surface area contributed by atoms with E-state index in [4.69, 9.17) is 4.74 Å². The molecule has 3 nitrogen and oxygen atoms in total. The molecule has 0 N–H and O–H groups in total. The summed E-state index contributed by atoms with van der Waals surface area (Å²) in [5.74, 6) is 1.52. The second kappa shape index (κ2) is 12.9. The molecule has 0 aromatic carbocycles. The quantitative estimate of drug-likeness (QED) is 0.284. The van der Waals surface area contributed by atoms with Crippen molar-refractivity contribution in [2.24, 2.45) is 10.9 Å². The molecule has 1 rings (SSSR count). The highest BCUT2D eigenvalue weighted by Gasteiger charge is 2.25. The summed E-state index contributed by atoms with van der Waals surface area (Å²) >= 11 is 0. The Balaban J connectivity index is 2.64. The van der Waals surface area contributed by atoms with Crippen LogP contribution in [-0.2, 0) is 4.74 Å². The molecule has 1 fully saturated rings. The number of hydrogen-bond donors (Lipinski definition) is 0. The van der Waals surface area contributed by atoms with Crippen molar-refractivity contribution in [3.8, 4) is 0 Å². The molecule has 0 amide bonds. The van der Waals surface area contributed by atoms with Gasteiger partial charge >= 0.3 is 0 Å². The maximum absolute atomic E-state index is 5.52. The van der Waals surface area contributed by atoms with Gasteiger partial charge in [0.05, 0.1) is 12.4 Å². The summed E-state index contributed by atoms with van der Waals surface area (Å²) in [5.41, 5.74) is 1.16. The SMILES string of the molecule is C=C(C=C(C)OCC)CCC(C(C)CN=C/C=C\C)N1CCCCC1. The topological polar surface area (TPSA) is 24.8 Å². The minimum Gasteiger partial charge on any atom is -0.499 e. The Morgan fingerprint density at radius 3 is 2.64 bits per heavy atom. The first kappa shape index (κ1) is 21.7. The van der Waals surface area contributed by atoms with E-state index in [2.05, 4.69) is 29.5 Å². The Morgan fingerprint density at radius 1 is 1.28 bits per heavy atom. The summed E-state index contributed by atoms with van der Waals surface area (Å²) in [6.45, 7) is 16.7. The molecule has 25 heavy (non-hydrogen) atoms. The first-order valence-electron chi connectivity index (χ1n) is 9.92. The zero-order chi connectivity index (χ0) is 18.5. The van der Waals surface area contributed by atoms with Crippen molar-refractivity contribution in [1.29, 1.82) is 0 Å². The average molecular weight is 347 g/mol. The van der Waals surface area contributed by atoms with Gasteiger partial charge in [0, 0.05) is 18.8 Å². The molecule has 0 spiro atoms. The summed E-state index contributed by atoms with van der Waals surface area (Å²) in [4.78, 5) is 7.27. The van der Waals surface area contributed by atoms with Gasteiger partial charge < -0.3 is 9.64 Å². The lowest BCUT2D eigenvalue weighted by Crippen LogP contribution is -2.43. The molecule has 2 unspecified atom stereocenters. The summed E-state index contributed by atoms with van der Waals surface area (Å²) in [6.07, 6.45) is 14.2. The van der Waals surface area contributed by atoms with Gasteiger partial charge in [-0.1, -0.05) is 31.6 Å². The molecule has 142 valence electrons. The van der Waals surface area contributed by atoms with Crippen LogP contribution in [0, 0.1) is 5.92 Å². The second-order valence-electron chi connectivity index (χ2n) is 7.07. The van der Waals surface area contributed by atoms with Crippen LogP contribution in [0.2, 0.25) is 0 Å². The van der Waals surface area contributed by atoms with E-state index in [0.717, 1.165) is 30.7 Å². The fourth-order valence-corrected chi connectivity index (χ4v) is 3.53. The number of rotatable bonds is 11. The monoisotopic (exact) mass is 346 g/mol. The molecule has 0 saturated carbocycles. The van der Waals surface area contributed by atoms with Crippen molar-refractivity contribution in [2.45, 2.75) is 65.8 Å². The van der Waals surface area contributed by atoms with Crippen LogP contribution in [-0.4, -0.2) is 43.4 Å². The number of nitrogens with zero attached hydrogens (tertiary/aromatic N) is 2. The summed E-state index contributed by atoms with van der Waals surface area (Å²) in [5, 5.41) is 0. The summed E-state index contributed by atoms with van der Waals surface area (Å²) in [6, 6.07) is 0.584. The fourth-order valence-electron chi connectivity index (χ4n) is 3.53. The van der Waals surface area contributed by atoms with Crippen LogP contribution in [0.15, 0.2) is 41.1 Å². The fraction of sp³-hybridized carbons (Fsp3) is 0.682. The molecule has 0 radical (unpaired) electrons. The average Bonchev–Trinajstić information content (AvgIpc) is 2.60. The number of hydrogen-bond acceptors (Lipinski definition) is 3. The highest BCUT2D eigenvalue weighted by molar-refractivity contribution is 5.70. The van der Waals surface area contributed by atoms with Gasteiger partial charge in [-0.25, -0.2) is 0 Å². The lowest BCUT2D eigenvalue weighted by atomic mass is 9.92. The van der Waals surface area contributed by atoms with Gasteiger partial charge in [-0.3, -0.25) is 4.99 Å². The van der Waals surface area contributed by atoms with Crippen molar-refractivity contribution in [2.75, 3.05) is 26.2 Å². The second-order valence-corrected chi connectivity index (χ2v) is 7.07. The van der Waals surface area contributed by atoms with Crippen LogP contribution in [0.4, 0.5) is 0 Å². The number of ether oxygens (including phenoxy) is 1. The Labute approximate surface area is 155 Å². The first-order chi connectivity index (χ1) is 12.1. The minimum absolute atomic E-state index is 0.560. The van der Waals surface area contributed by atoms with Crippen molar-refractivity contribution in [1.82, 2.24) is 4.90 Å². The third-order valence-corrected chi connectivity index (χ3v) is 4.83. The van der Waals surface area contributed by atoms with Crippen LogP contribution >= 0.6 is 0 Å². The molecule has 1 heterocycles. The van der Waals surface area contributed by atoms with Crippen molar-refractivity contribution >= 4 is 6.21 Å². The Morgan fingerprint density at radius 2 is 2.00 bits per heavy atom. The molecule has 2 atom stereocenters. The normalized spacial score (nSPS) is 19.4. The van der Waals surface area contributed by atoms with E-state index in [1.54, 1.807) is 0 Å². The van der Waals surface area contributed by atoms with E-state index in [-0.39, 0.29) is 0 Å². The van der Waals surface area contributed by atoms with Crippen LogP contribution in [0.5, 0.6) is 0 Å². The van der Waals surface area contributed by atoms with Crippen LogP contribution in [0.25, 0.3) is 0 Å². The largest absolute Gasteiger partial charge is 0.499 e. The molecular weight excluding hydrogens is 308 g/mol. The van der Waals surface area contributed by atoms with E-state index in [9.17, 15) is 0 Å². The van der Waals surface area contributed by atoms with Gasteiger partial charge in [0.1, 0.15) is 0 Å². The third-order valence-electron chi connectivity index (χ3n) is 4.83. The number of piperidine rings is 1. The van der Waals surface area contributed by atoms with Gasteiger partial charge in [-0.05, 0) is 77.6 Å². The standard InChI is InChI=1S/C22H38N2O/c1-6-8-14-23-18-20(4)22(24-15-10-9-11-16-24)13-12-19(3)17-21(5)25-7-2/h6,8,14,17,20,22H,3,7,9-13,15-16,18H2,1-2,4-5H3/b8-6-,21-17?,23-14?. The van der Waals surface area contributed by atoms with Crippen LogP contribution in [0.1, 0.15) is 59.8 Å². The van der Waals surface area contributed by atoms with Gasteiger partial charge in [0.15, 0.2) is 0 Å². The van der Waals surface area contributed by atoms with Gasteiger partial charge in [-0.15, -0.1) is 0 Å². The molecule has 1 aliphatic heterocycles. The third kappa shape index (κ3) is 9.06. The number of likely N-dealkylation sites (tertiary alicyclic amines) is 1. The molecule has 1 aliphatic rings. The molecule has 0 aromatic rings. The van der Waals surface area contributed by atoms with Crippen LogP contribution in [0.3, 0.4) is 0 Å². The Hall–Kier alpha value is -1.35. The number of aliphatic imine (C=N–C) groups is 1. The van der Waals surface area contributed by atoms with E-state index in [0.29, 0.717) is 18.6 Å². The van der Waals surface area contributed by atoms with Crippen molar-refractivity contribution in [3.63, 3.8) is 0 Å².